The van der Waals surface area contributed by atoms with Crippen molar-refractivity contribution in [2.24, 2.45) is 17.3 Å². The Morgan fingerprint density at radius 1 is 1.53 bits per heavy atom. The molecule has 2 nitrogen and oxygen atoms in total. The summed E-state index contributed by atoms with van der Waals surface area (Å²) >= 11 is 0. The molecular weight excluding hydrogens is 236 g/mol. The molecule has 2 aliphatic carbocycles. The number of ether oxygens (including phenoxy) is 1. The van der Waals surface area contributed by atoms with Gasteiger partial charge in [0.25, 0.3) is 0 Å². The Hall–Kier alpha value is -1.31. The van der Waals surface area contributed by atoms with E-state index in [4.69, 9.17) is 4.74 Å². The molecule has 0 amide bonds. The molecule has 3 unspecified atom stereocenters. The SMILES string of the molecule is C=C1C2CCC(C2)C1(C)C=CC=C(C)C(=O)OCC. The number of esters is 1. The number of hydrogen-bond acceptors (Lipinski definition) is 2. The molecular formula is C17H24O2. The number of rotatable bonds is 4. The maximum absolute atomic E-state index is 11.5. The minimum absolute atomic E-state index is 0.119. The zero-order chi connectivity index (χ0) is 14.0. The van der Waals surface area contributed by atoms with Crippen molar-refractivity contribution in [2.75, 3.05) is 6.61 Å². The predicted molar refractivity (Wildman–Crippen MR) is 77.6 cm³/mol. The number of carbonyl (C=O) groups excluding carboxylic acids is 1. The summed E-state index contributed by atoms with van der Waals surface area (Å²) in [5, 5.41) is 0. The van der Waals surface area contributed by atoms with Crippen LogP contribution in [0, 0.1) is 17.3 Å². The summed E-state index contributed by atoms with van der Waals surface area (Å²) in [6, 6.07) is 0. The van der Waals surface area contributed by atoms with E-state index in [1.807, 2.05) is 19.1 Å². The largest absolute Gasteiger partial charge is 0.463 e. The highest BCUT2D eigenvalue weighted by Gasteiger charge is 2.49. The summed E-state index contributed by atoms with van der Waals surface area (Å²) < 4.78 is 4.96. The molecule has 2 heteroatoms. The van der Waals surface area contributed by atoms with Gasteiger partial charge < -0.3 is 4.74 Å². The Bertz CT molecular complexity index is 444. The molecule has 19 heavy (non-hydrogen) atoms. The van der Waals surface area contributed by atoms with Gasteiger partial charge >= 0.3 is 5.97 Å². The third-order valence-corrected chi connectivity index (χ3v) is 4.85. The first-order valence-corrected chi connectivity index (χ1v) is 7.21. The fraction of sp³-hybridized carbons (Fsp3) is 0.588. The number of hydrogen-bond donors (Lipinski definition) is 0. The van der Waals surface area contributed by atoms with E-state index in [9.17, 15) is 4.79 Å². The normalized spacial score (nSPS) is 34.3. The highest BCUT2D eigenvalue weighted by atomic mass is 16.5. The van der Waals surface area contributed by atoms with Crippen molar-refractivity contribution in [3.63, 3.8) is 0 Å². The average molecular weight is 260 g/mol. The van der Waals surface area contributed by atoms with Crippen LogP contribution in [0.25, 0.3) is 0 Å². The predicted octanol–water partition coefficient (Wildman–Crippen LogP) is 4.04. The molecule has 2 rings (SSSR count). The highest BCUT2D eigenvalue weighted by molar-refractivity contribution is 5.88. The van der Waals surface area contributed by atoms with Gasteiger partial charge in [-0.15, -0.1) is 0 Å². The quantitative estimate of drug-likeness (QED) is 0.330. The molecule has 0 aromatic carbocycles. The van der Waals surface area contributed by atoms with E-state index in [1.165, 1.54) is 24.8 Å². The van der Waals surface area contributed by atoms with Gasteiger partial charge in [-0.2, -0.15) is 0 Å². The summed E-state index contributed by atoms with van der Waals surface area (Å²) in [7, 11) is 0. The fourth-order valence-corrected chi connectivity index (χ4v) is 3.49. The van der Waals surface area contributed by atoms with Crippen LogP contribution in [0.2, 0.25) is 0 Å². The maximum atomic E-state index is 11.5. The zero-order valence-electron chi connectivity index (χ0n) is 12.2. The fourth-order valence-electron chi connectivity index (χ4n) is 3.49. The van der Waals surface area contributed by atoms with Crippen LogP contribution >= 0.6 is 0 Å². The lowest BCUT2D eigenvalue weighted by Gasteiger charge is -2.33. The third-order valence-electron chi connectivity index (χ3n) is 4.85. The van der Waals surface area contributed by atoms with E-state index in [0.717, 1.165) is 11.8 Å². The van der Waals surface area contributed by atoms with Crippen molar-refractivity contribution in [3.05, 3.63) is 36.0 Å². The van der Waals surface area contributed by atoms with E-state index < -0.39 is 0 Å². The third kappa shape index (κ3) is 2.54. The molecule has 0 aliphatic heterocycles. The highest BCUT2D eigenvalue weighted by Crippen LogP contribution is 2.59. The van der Waals surface area contributed by atoms with E-state index in [-0.39, 0.29) is 11.4 Å². The van der Waals surface area contributed by atoms with Gasteiger partial charge in [-0.05, 0) is 44.9 Å². The molecule has 2 aliphatic rings. The summed E-state index contributed by atoms with van der Waals surface area (Å²) in [4.78, 5) is 11.5. The van der Waals surface area contributed by atoms with Crippen molar-refractivity contribution in [2.45, 2.75) is 40.0 Å². The Labute approximate surface area is 116 Å². The molecule has 2 saturated carbocycles. The van der Waals surface area contributed by atoms with Crippen molar-refractivity contribution >= 4 is 5.97 Å². The van der Waals surface area contributed by atoms with E-state index >= 15 is 0 Å². The topological polar surface area (TPSA) is 26.3 Å². The Kier molecular flexibility index (Phi) is 3.98. The molecule has 0 aromatic rings. The summed E-state index contributed by atoms with van der Waals surface area (Å²) in [6.45, 7) is 10.6. The standard InChI is InChI=1S/C17H24O2/c1-5-19-16(18)12(2)7-6-10-17(4)13(3)14-8-9-15(17)11-14/h6-7,10,14-15H,3,5,8-9,11H2,1-2,4H3. The van der Waals surface area contributed by atoms with Gasteiger partial charge in [0.1, 0.15) is 0 Å². The van der Waals surface area contributed by atoms with Crippen LogP contribution < -0.4 is 0 Å². The monoisotopic (exact) mass is 260 g/mol. The zero-order valence-corrected chi connectivity index (χ0v) is 12.2. The van der Waals surface area contributed by atoms with E-state index in [0.29, 0.717) is 12.2 Å². The number of fused-ring (bicyclic) bond motifs is 2. The molecule has 3 atom stereocenters. The van der Waals surface area contributed by atoms with Gasteiger partial charge in [-0.3, -0.25) is 0 Å². The van der Waals surface area contributed by atoms with Crippen LogP contribution in [0.5, 0.6) is 0 Å². The van der Waals surface area contributed by atoms with E-state index in [1.54, 1.807) is 6.92 Å². The molecule has 0 aromatic heterocycles. The Morgan fingerprint density at radius 2 is 2.26 bits per heavy atom. The second-order valence-electron chi connectivity index (χ2n) is 5.94. The van der Waals surface area contributed by atoms with Gasteiger partial charge in [-0.1, -0.05) is 37.3 Å². The van der Waals surface area contributed by atoms with Crippen LogP contribution in [0.1, 0.15) is 40.0 Å². The lowest BCUT2D eigenvalue weighted by Crippen LogP contribution is -2.23. The second-order valence-corrected chi connectivity index (χ2v) is 5.94. The molecule has 0 N–H and O–H groups in total. The molecule has 0 spiro atoms. The minimum Gasteiger partial charge on any atom is -0.463 e. The second kappa shape index (κ2) is 5.36. The summed E-state index contributed by atoms with van der Waals surface area (Å²) in [5.41, 5.74) is 2.15. The van der Waals surface area contributed by atoms with Gasteiger partial charge in [0, 0.05) is 11.0 Å². The smallest absolute Gasteiger partial charge is 0.333 e. The Balaban J connectivity index is 2.05. The van der Waals surface area contributed by atoms with Gasteiger partial charge in [0.15, 0.2) is 0 Å². The first kappa shape index (κ1) is 14.1. The lowest BCUT2D eigenvalue weighted by molar-refractivity contribution is -0.138. The van der Waals surface area contributed by atoms with Crippen LogP contribution in [-0.2, 0) is 9.53 Å². The van der Waals surface area contributed by atoms with Gasteiger partial charge in [-0.25, -0.2) is 4.79 Å². The molecule has 2 bridgehead atoms. The number of carbonyl (C=O) groups is 1. The van der Waals surface area contributed by atoms with Crippen LogP contribution in [0.4, 0.5) is 0 Å². The molecule has 0 radical (unpaired) electrons. The minimum atomic E-state index is -0.232. The van der Waals surface area contributed by atoms with Crippen molar-refractivity contribution < 1.29 is 9.53 Å². The average Bonchev–Trinajstić information content (AvgIpc) is 2.94. The number of allylic oxidation sites excluding steroid dienone is 4. The summed E-state index contributed by atoms with van der Waals surface area (Å²) in [6.07, 6.45) is 9.98. The summed E-state index contributed by atoms with van der Waals surface area (Å²) in [5.74, 6) is 1.22. The van der Waals surface area contributed by atoms with Gasteiger partial charge in [0.2, 0.25) is 0 Å². The van der Waals surface area contributed by atoms with Crippen LogP contribution in [0.3, 0.4) is 0 Å². The molecule has 104 valence electrons. The van der Waals surface area contributed by atoms with Crippen LogP contribution in [-0.4, -0.2) is 12.6 Å². The van der Waals surface area contributed by atoms with Crippen molar-refractivity contribution in [1.29, 1.82) is 0 Å². The first-order valence-electron chi connectivity index (χ1n) is 7.21. The van der Waals surface area contributed by atoms with Crippen LogP contribution in [0.15, 0.2) is 36.0 Å². The molecule has 2 fully saturated rings. The lowest BCUT2D eigenvalue weighted by atomic mass is 9.71. The molecule has 0 heterocycles. The molecule has 0 saturated heterocycles. The maximum Gasteiger partial charge on any atom is 0.333 e. The van der Waals surface area contributed by atoms with E-state index in [2.05, 4.69) is 19.6 Å². The first-order chi connectivity index (χ1) is 8.99. The van der Waals surface area contributed by atoms with Crippen molar-refractivity contribution in [1.82, 2.24) is 0 Å². The van der Waals surface area contributed by atoms with Gasteiger partial charge in [0.05, 0.1) is 6.61 Å². The van der Waals surface area contributed by atoms with Crippen molar-refractivity contribution in [3.8, 4) is 0 Å². The Morgan fingerprint density at radius 3 is 2.84 bits per heavy atom.